The lowest BCUT2D eigenvalue weighted by Crippen LogP contribution is -2.33. The van der Waals surface area contributed by atoms with Crippen LogP contribution < -0.4 is 0 Å². The number of benzene rings is 7. The average molecular weight is 801 g/mol. The zero-order valence-corrected chi connectivity index (χ0v) is 36.6. The molecule has 0 radical (unpaired) electrons. The van der Waals surface area contributed by atoms with Gasteiger partial charge >= 0.3 is 0 Å². The van der Waals surface area contributed by atoms with Crippen molar-refractivity contribution in [2.45, 2.75) is 77.0 Å². The van der Waals surface area contributed by atoms with Gasteiger partial charge in [-0.15, -0.1) is 0 Å². The Labute approximate surface area is 366 Å². The summed E-state index contributed by atoms with van der Waals surface area (Å²) in [5.74, 6) is 0.230. The molecule has 0 saturated carbocycles. The van der Waals surface area contributed by atoms with Crippen LogP contribution in [-0.4, -0.2) is 9.97 Å². The summed E-state index contributed by atoms with van der Waals surface area (Å²) in [4.78, 5) is 11.8. The van der Waals surface area contributed by atoms with E-state index in [1.165, 1.54) is 77.9 Å². The average Bonchev–Trinajstić information content (AvgIpc) is 3.30. The van der Waals surface area contributed by atoms with Crippen molar-refractivity contribution in [3.8, 4) is 22.3 Å². The standard InChI is InChI=1S/C60H52N2/c1-37-19-17-27-43-33-41-25-13-15-29-45(41)55(53(37)43)59(3,4)51-35-49(39-21-9-7-10-22-39)47-31-32-48-50(40-23-11-8-12-24-40)36-52(62-58(48)57(47)61-51)60(5,6)56-46-30-16-14-26-42(46)34-44-28-18-20-38(2)54(44)56/h7-32,35-36,55-56H,33-34H2,1-6H3. The molecule has 0 saturated heterocycles. The van der Waals surface area contributed by atoms with Crippen LogP contribution in [0.15, 0.2) is 170 Å². The van der Waals surface area contributed by atoms with Crippen LogP contribution >= 0.6 is 0 Å². The van der Waals surface area contributed by atoms with Crippen molar-refractivity contribution in [1.82, 2.24) is 9.97 Å². The number of hydrogen-bond acceptors (Lipinski definition) is 2. The second-order valence-electron chi connectivity index (χ2n) is 19.1. The van der Waals surface area contributed by atoms with Gasteiger partial charge < -0.3 is 0 Å². The van der Waals surface area contributed by atoms with Crippen LogP contribution in [-0.2, 0) is 23.7 Å². The van der Waals surface area contributed by atoms with Crippen molar-refractivity contribution in [3.05, 3.63) is 237 Å². The van der Waals surface area contributed by atoms with Gasteiger partial charge in [-0.25, -0.2) is 9.97 Å². The maximum atomic E-state index is 5.91. The Hall–Kier alpha value is -6.64. The molecule has 0 aliphatic heterocycles. The summed E-state index contributed by atoms with van der Waals surface area (Å²) in [6.45, 7) is 14.2. The molecule has 0 N–H and O–H groups in total. The Kier molecular flexibility index (Phi) is 8.95. The highest BCUT2D eigenvalue weighted by molar-refractivity contribution is 6.12. The van der Waals surface area contributed by atoms with Crippen LogP contribution in [0.25, 0.3) is 44.1 Å². The fourth-order valence-corrected chi connectivity index (χ4v) is 11.4. The van der Waals surface area contributed by atoms with E-state index >= 15 is 0 Å². The lowest BCUT2D eigenvalue weighted by Gasteiger charge is -2.41. The highest BCUT2D eigenvalue weighted by Crippen LogP contribution is 2.52. The summed E-state index contributed by atoms with van der Waals surface area (Å²) in [5, 5.41) is 2.24. The minimum atomic E-state index is -0.385. The van der Waals surface area contributed by atoms with Gasteiger partial charge in [-0.3, -0.25) is 0 Å². The van der Waals surface area contributed by atoms with Crippen molar-refractivity contribution in [3.63, 3.8) is 0 Å². The van der Waals surface area contributed by atoms with Crippen LogP contribution in [0.5, 0.6) is 0 Å². The topological polar surface area (TPSA) is 25.8 Å². The number of hydrogen-bond donors (Lipinski definition) is 0. The van der Waals surface area contributed by atoms with E-state index in [0.29, 0.717) is 0 Å². The highest BCUT2D eigenvalue weighted by Gasteiger charge is 2.42. The van der Waals surface area contributed by atoms with Gasteiger partial charge in [0.05, 0.1) is 11.0 Å². The van der Waals surface area contributed by atoms with E-state index in [2.05, 4.69) is 211 Å². The highest BCUT2D eigenvalue weighted by atomic mass is 14.8. The van der Waals surface area contributed by atoms with Crippen molar-refractivity contribution in [2.75, 3.05) is 0 Å². The predicted molar refractivity (Wildman–Crippen MR) is 259 cm³/mol. The van der Waals surface area contributed by atoms with Crippen molar-refractivity contribution in [2.24, 2.45) is 0 Å². The fraction of sp³-hybridized carbons (Fsp3) is 0.200. The third kappa shape index (κ3) is 5.98. The second-order valence-corrected chi connectivity index (χ2v) is 19.1. The molecule has 7 aromatic carbocycles. The van der Waals surface area contributed by atoms with Crippen LogP contribution in [0.3, 0.4) is 0 Å². The van der Waals surface area contributed by atoms with E-state index in [1.54, 1.807) is 0 Å². The molecule has 2 unspecified atom stereocenters. The molecule has 0 spiro atoms. The van der Waals surface area contributed by atoms with E-state index in [9.17, 15) is 0 Å². The lowest BCUT2D eigenvalue weighted by molar-refractivity contribution is 0.437. The Morgan fingerprint density at radius 3 is 1.19 bits per heavy atom. The summed E-state index contributed by atoms with van der Waals surface area (Å²) in [5.41, 5.74) is 22.0. The van der Waals surface area contributed by atoms with Crippen molar-refractivity contribution in [1.29, 1.82) is 0 Å². The molecule has 0 bridgehead atoms. The summed E-state index contributed by atoms with van der Waals surface area (Å²) >= 11 is 0. The van der Waals surface area contributed by atoms with Gasteiger partial charge in [-0.1, -0.05) is 185 Å². The summed E-state index contributed by atoms with van der Waals surface area (Å²) in [6, 6.07) is 63.0. The number of nitrogens with zero attached hydrogens (tertiary/aromatic N) is 2. The molecule has 2 nitrogen and oxygen atoms in total. The Morgan fingerprint density at radius 1 is 0.403 bits per heavy atom. The zero-order chi connectivity index (χ0) is 42.3. The van der Waals surface area contributed by atoms with E-state index in [1.807, 2.05) is 0 Å². The number of pyridine rings is 2. The summed E-state index contributed by atoms with van der Waals surface area (Å²) < 4.78 is 0. The largest absolute Gasteiger partial charge is 0.250 e. The van der Waals surface area contributed by atoms with Gasteiger partial charge in [0.25, 0.3) is 0 Å². The molecule has 9 aromatic rings. The van der Waals surface area contributed by atoms with E-state index in [-0.39, 0.29) is 22.7 Å². The molecular formula is C60H52N2. The molecule has 2 heteroatoms. The first-order chi connectivity index (χ1) is 30.1. The molecule has 11 rings (SSSR count). The SMILES string of the molecule is Cc1cccc2c1C(C(C)(C)c1cc(-c3ccccc3)c3ccc4c(-c5ccccc5)cc(C(C)(C)C5c6ccccc6Cc6cccc(C)c65)nc4c3n1)c1ccccc1C2. The minimum Gasteiger partial charge on any atom is -0.250 e. The lowest BCUT2D eigenvalue weighted by atomic mass is 9.63. The summed E-state index contributed by atoms with van der Waals surface area (Å²) in [6.07, 6.45) is 1.90. The minimum absolute atomic E-state index is 0.115. The molecule has 0 amide bonds. The first-order valence-electron chi connectivity index (χ1n) is 22.3. The fourth-order valence-electron chi connectivity index (χ4n) is 11.4. The van der Waals surface area contributed by atoms with Gasteiger partial charge in [-0.05, 0) is 117 Å². The van der Waals surface area contributed by atoms with Crippen molar-refractivity contribution < 1.29 is 0 Å². The van der Waals surface area contributed by atoms with Crippen molar-refractivity contribution >= 4 is 21.8 Å². The monoisotopic (exact) mass is 800 g/mol. The van der Waals surface area contributed by atoms with Gasteiger partial charge in [0.2, 0.25) is 0 Å². The molecule has 2 heterocycles. The van der Waals surface area contributed by atoms with Crippen LogP contribution in [0.2, 0.25) is 0 Å². The maximum absolute atomic E-state index is 5.91. The molecule has 2 aromatic heterocycles. The molecule has 2 aliphatic rings. The van der Waals surface area contributed by atoms with Crippen LogP contribution in [0, 0.1) is 13.8 Å². The second kappa shape index (κ2) is 14.5. The number of rotatable bonds is 6. The molecule has 2 atom stereocenters. The Balaban J connectivity index is 1.22. The smallest absolute Gasteiger partial charge is 0.0974 e. The number of aryl methyl sites for hydroxylation is 2. The molecule has 2 aliphatic carbocycles. The first kappa shape index (κ1) is 38.3. The first-order valence-corrected chi connectivity index (χ1v) is 22.3. The normalized spacial score (nSPS) is 15.8. The van der Waals surface area contributed by atoms with Gasteiger partial charge in [0.1, 0.15) is 0 Å². The van der Waals surface area contributed by atoms with Crippen LogP contribution in [0.4, 0.5) is 0 Å². The van der Waals surface area contributed by atoms with Gasteiger partial charge in [0, 0.05) is 44.8 Å². The van der Waals surface area contributed by atoms with E-state index in [0.717, 1.165) is 46.0 Å². The van der Waals surface area contributed by atoms with E-state index < -0.39 is 0 Å². The molecule has 62 heavy (non-hydrogen) atoms. The zero-order valence-electron chi connectivity index (χ0n) is 36.6. The number of fused-ring (bicyclic) bond motifs is 7. The molecule has 302 valence electrons. The third-order valence-corrected chi connectivity index (χ3v) is 14.6. The molecular weight excluding hydrogens is 749 g/mol. The Bertz CT molecular complexity index is 2990. The quantitative estimate of drug-likeness (QED) is 0.157. The van der Waals surface area contributed by atoms with E-state index in [4.69, 9.17) is 9.97 Å². The summed E-state index contributed by atoms with van der Waals surface area (Å²) in [7, 11) is 0. The maximum Gasteiger partial charge on any atom is 0.0974 e. The predicted octanol–water partition coefficient (Wildman–Crippen LogP) is 14.8. The van der Waals surface area contributed by atoms with Gasteiger partial charge in [-0.2, -0.15) is 0 Å². The third-order valence-electron chi connectivity index (χ3n) is 14.6. The molecule has 0 fully saturated rings. The van der Waals surface area contributed by atoms with Gasteiger partial charge in [0.15, 0.2) is 0 Å². The Morgan fingerprint density at radius 2 is 0.774 bits per heavy atom. The number of aromatic nitrogens is 2. The van der Waals surface area contributed by atoms with Crippen LogP contribution in [0.1, 0.15) is 107 Å².